The summed E-state index contributed by atoms with van der Waals surface area (Å²) in [6, 6.07) is 7.89. The quantitative estimate of drug-likeness (QED) is 0.652. The molecule has 0 radical (unpaired) electrons. The molecule has 0 unspecified atom stereocenters. The Labute approximate surface area is 81.6 Å². The van der Waals surface area contributed by atoms with Crippen LogP contribution in [-0.2, 0) is 0 Å². The Hall–Kier alpha value is -1.77. The van der Waals surface area contributed by atoms with Crippen LogP contribution in [0.1, 0.15) is 13.8 Å². The van der Waals surface area contributed by atoms with Crippen molar-refractivity contribution >= 4 is 11.0 Å². The summed E-state index contributed by atoms with van der Waals surface area (Å²) in [6.07, 6.45) is 0. The molecule has 0 aliphatic heterocycles. The second kappa shape index (κ2) is 4.46. The lowest BCUT2D eigenvalue weighted by Gasteiger charge is -1.96. The Balaban J connectivity index is 0.000000461. The molecule has 0 atom stereocenters. The summed E-state index contributed by atoms with van der Waals surface area (Å²) in [7, 11) is 0. The number of hydrogen-bond donors (Lipinski definition) is 1. The summed E-state index contributed by atoms with van der Waals surface area (Å²) in [5.74, 6) is -0.0400. The van der Waals surface area contributed by atoms with Gasteiger partial charge in [0, 0.05) is 0 Å². The first-order valence-corrected chi connectivity index (χ1v) is 4.49. The summed E-state index contributed by atoms with van der Waals surface area (Å²) < 4.78 is 4.83. The van der Waals surface area contributed by atoms with Gasteiger partial charge in [-0.1, -0.05) is 26.0 Å². The molecule has 2 aromatic rings. The van der Waals surface area contributed by atoms with E-state index < -0.39 is 5.63 Å². The maximum absolute atomic E-state index is 10.8. The van der Waals surface area contributed by atoms with Crippen LogP contribution in [0.4, 0.5) is 0 Å². The minimum atomic E-state index is -0.536. The number of aromatic hydroxyl groups is 1. The molecule has 0 bridgehead atoms. The maximum atomic E-state index is 10.8. The Morgan fingerprint density at radius 1 is 1.21 bits per heavy atom. The third kappa shape index (κ3) is 1.93. The molecule has 14 heavy (non-hydrogen) atoms. The lowest BCUT2D eigenvalue weighted by molar-refractivity contribution is 0.468. The van der Waals surface area contributed by atoms with Crippen LogP contribution in [-0.4, -0.2) is 5.11 Å². The molecular weight excluding hydrogens is 180 g/mol. The Morgan fingerprint density at radius 2 is 1.86 bits per heavy atom. The zero-order valence-electron chi connectivity index (χ0n) is 8.15. The second-order valence-electron chi connectivity index (χ2n) is 2.45. The van der Waals surface area contributed by atoms with Crippen molar-refractivity contribution in [2.24, 2.45) is 0 Å². The van der Waals surface area contributed by atoms with Gasteiger partial charge in [0.2, 0.25) is 0 Å². The predicted molar refractivity (Wildman–Crippen MR) is 55.5 cm³/mol. The van der Waals surface area contributed by atoms with E-state index in [1.54, 1.807) is 24.3 Å². The highest BCUT2D eigenvalue weighted by atomic mass is 16.4. The number of rotatable bonds is 0. The fraction of sp³-hybridized carbons (Fsp3) is 0.182. The van der Waals surface area contributed by atoms with E-state index in [1.165, 1.54) is 0 Å². The lowest BCUT2D eigenvalue weighted by Crippen LogP contribution is -1.94. The molecule has 0 fully saturated rings. The van der Waals surface area contributed by atoms with E-state index in [0.29, 0.717) is 11.0 Å². The van der Waals surface area contributed by atoms with Crippen LogP contribution in [0.25, 0.3) is 11.0 Å². The van der Waals surface area contributed by atoms with Gasteiger partial charge >= 0.3 is 5.63 Å². The van der Waals surface area contributed by atoms with Crippen molar-refractivity contribution in [3.63, 3.8) is 0 Å². The smallest absolute Gasteiger partial charge is 0.339 e. The Kier molecular flexibility index (Phi) is 3.29. The molecule has 74 valence electrons. The van der Waals surface area contributed by atoms with Gasteiger partial charge in [-0.15, -0.1) is 0 Å². The monoisotopic (exact) mass is 192 g/mol. The average molecular weight is 192 g/mol. The minimum absolute atomic E-state index is 0.0400. The topological polar surface area (TPSA) is 50.4 Å². The zero-order valence-corrected chi connectivity index (χ0v) is 8.15. The molecule has 1 aromatic heterocycles. The normalized spacial score (nSPS) is 9.29. The highest BCUT2D eigenvalue weighted by Crippen LogP contribution is 2.20. The molecule has 3 heteroatoms. The van der Waals surface area contributed by atoms with Gasteiger partial charge in [0.15, 0.2) is 0 Å². The van der Waals surface area contributed by atoms with Crippen molar-refractivity contribution in [3.05, 3.63) is 40.8 Å². The average Bonchev–Trinajstić information content (AvgIpc) is 2.20. The fourth-order valence-corrected chi connectivity index (χ4v) is 1.09. The van der Waals surface area contributed by atoms with Gasteiger partial charge in [-0.05, 0) is 12.1 Å². The molecule has 1 aromatic carbocycles. The van der Waals surface area contributed by atoms with E-state index in [9.17, 15) is 9.90 Å². The van der Waals surface area contributed by atoms with Crippen molar-refractivity contribution in [1.29, 1.82) is 0 Å². The number of para-hydroxylation sites is 1. The van der Waals surface area contributed by atoms with Crippen LogP contribution in [0.3, 0.4) is 0 Å². The molecule has 0 spiro atoms. The molecule has 0 amide bonds. The first-order chi connectivity index (χ1) is 6.77. The van der Waals surface area contributed by atoms with Crippen molar-refractivity contribution in [3.8, 4) is 5.75 Å². The first kappa shape index (κ1) is 10.3. The van der Waals surface area contributed by atoms with Gasteiger partial charge < -0.3 is 9.52 Å². The third-order valence-electron chi connectivity index (χ3n) is 1.63. The lowest BCUT2D eigenvalue weighted by atomic mass is 10.2. The Morgan fingerprint density at radius 3 is 2.57 bits per heavy atom. The maximum Gasteiger partial charge on any atom is 0.339 e. The molecule has 3 nitrogen and oxygen atoms in total. The SMILES string of the molecule is CC.O=c1cc(O)c2ccccc2o1. The third-order valence-corrected chi connectivity index (χ3v) is 1.63. The number of fused-ring (bicyclic) bond motifs is 1. The molecule has 2 rings (SSSR count). The largest absolute Gasteiger partial charge is 0.507 e. The van der Waals surface area contributed by atoms with E-state index in [2.05, 4.69) is 0 Å². The van der Waals surface area contributed by atoms with Crippen LogP contribution < -0.4 is 5.63 Å². The molecule has 0 saturated heterocycles. The highest BCUT2D eigenvalue weighted by molar-refractivity contribution is 5.82. The van der Waals surface area contributed by atoms with Crippen LogP contribution in [0.15, 0.2) is 39.5 Å². The summed E-state index contributed by atoms with van der Waals surface area (Å²) >= 11 is 0. The summed E-state index contributed by atoms with van der Waals surface area (Å²) in [5, 5.41) is 9.84. The second-order valence-corrected chi connectivity index (χ2v) is 2.45. The van der Waals surface area contributed by atoms with Gasteiger partial charge in [-0.2, -0.15) is 0 Å². The molecule has 1 heterocycles. The minimum Gasteiger partial charge on any atom is -0.507 e. The van der Waals surface area contributed by atoms with Crippen LogP contribution in [0, 0.1) is 0 Å². The summed E-state index contributed by atoms with van der Waals surface area (Å²) in [5.41, 5.74) is -0.131. The fourth-order valence-electron chi connectivity index (χ4n) is 1.09. The van der Waals surface area contributed by atoms with Gasteiger partial charge in [0.05, 0.1) is 11.5 Å². The van der Waals surface area contributed by atoms with E-state index in [0.717, 1.165) is 6.07 Å². The standard InChI is InChI=1S/C9H6O3.C2H6/c10-7-5-9(11)12-8-4-2-1-3-6(7)8;1-2/h1-5,10H;1-2H3. The van der Waals surface area contributed by atoms with Crippen molar-refractivity contribution in [2.45, 2.75) is 13.8 Å². The summed E-state index contributed by atoms with van der Waals surface area (Å²) in [4.78, 5) is 10.8. The van der Waals surface area contributed by atoms with Crippen LogP contribution in [0.2, 0.25) is 0 Å². The van der Waals surface area contributed by atoms with E-state index >= 15 is 0 Å². The van der Waals surface area contributed by atoms with Gasteiger partial charge in [0.1, 0.15) is 11.3 Å². The number of benzene rings is 1. The molecule has 0 saturated carbocycles. The first-order valence-electron chi connectivity index (χ1n) is 4.49. The van der Waals surface area contributed by atoms with Crippen LogP contribution in [0.5, 0.6) is 5.75 Å². The van der Waals surface area contributed by atoms with Gasteiger partial charge in [-0.3, -0.25) is 0 Å². The van der Waals surface area contributed by atoms with Gasteiger partial charge in [-0.25, -0.2) is 4.79 Å². The molecule has 0 aliphatic rings. The predicted octanol–water partition coefficient (Wildman–Crippen LogP) is 2.52. The summed E-state index contributed by atoms with van der Waals surface area (Å²) in [6.45, 7) is 4.00. The van der Waals surface area contributed by atoms with Crippen molar-refractivity contribution in [2.75, 3.05) is 0 Å². The van der Waals surface area contributed by atoms with E-state index in [4.69, 9.17) is 4.42 Å². The Bertz CT molecular complexity index is 471. The molecule has 0 aliphatic carbocycles. The van der Waals surface area contributed by atoms with Crippen molar-refractivity contribution in [1.82, 2.24) is 0 Å². The number of hydrogen-bond acceptors (Lipinski definition) is 3. The van der Waals surface area contributed by atoms with E-state index in [1.807, 2.05) is 13.8 Å². The van der Waals surface area contributed by atoms with Gasteiger partial charge in [0.25, 0.3) is 0 Å². The highest BCUT2D eigenvalue weighted by Gasteiger charge is 2.01. The molecular formula is C11H12O3. The molecule has 1 N–H and O–H groups in total. The van der Waals surface area contributed by atoms with Crippen LogP contribution >= 0.6 is 0 Å². The van der Waals surface area contributed by atoms with E-state index in [-0.39, 0.29) is 5.75 Å². The zero-order chi connectivity index (χ0) is 10.6. The van der Waals surface area contributed by atoms with Crippen molar-refractivity contribution < 1.29 is 9.52 Å².